The Labute approximate surface area is 172 Å². The maximum Gasteiger partial charge on any atom is 0.151 e. The topological polar surface area (TPSA) is 83.6 Å². The average molecular weight is 435 g/mol. The lowest BCUT2D eigenvalue weighted by atomic mass is 9.96. The van der Waals surface area contributed by atoms with Crippen molar-refractivity contribution in [3.63, 3.8) is 0 Å². The first-order valence-corrected chi connectivity index (χ1v) is 13.5. The fourth-order valence-corrected chi connectivity index (χ4v) is 7.65. The third-order valence-electron chi connectivity index (χ3n) is 5.67. The molecule has 2 aromatic rings. The Kier molecular flexibility index (Phi) is 5.79. The minimum Gasteiger partial charge on any atom is -0.250 e. The number of hydrazine groups is 1. The van der Waals surface area contributed by atoms with Crippen LogP contribution < -0.4 is 5.43 Å². The second-order valence-corrected chi connectivity index (χ2v) is 12.4. The number of nitrogens with zero attached hydrogens (tertiary/aromatic N) is 1. The van der Waals surface area contributed by atoms with Crippen LogP contribution in [0.1, 0.15) is 30.0 Å². The van der Waals surface area contributed by atoms with E-state index in [0.717, 1.165) is 11.1 Å². The zero-order chi connectivity index (χ0) is 20.5. The quantitative estimate of drug-likeness (QED) is 0.700. The number of sulfone groups is 2. The maximum absolute atomic E-state index is 12.2. The molecule has 2 aliphatic heterocycles. The summed E-state index contributed by atoms with van der Waals surface area (Å²) < 4.78 is 48.5. The molecule has 0 bridgehead atoms. The first-order chi connectivity index (χ1) is 13.8. The zero-order valence-electron chi connectivity index (χ0n) is 16.1. The normalized spacial score (nSPS) is 25.6. The van der Waals surface area contributed by atoms with Crippen LogP contribution in [-0.4, -0.2) is 56.9 Å². The van der Waals surface area contributed by atoms with Gasteiger partial charge in [0.25, 0.3) is 0 Å². The fourth-order valence-electron chi connectivity index (χ4n) is 4.28. The van der Waals surface area contributed by atoms with Crippen LogP contribution in [0, 0.1) is 0 Å². The molecule has 2 aromatic carbocycles. The highest BCUT2D eigenvalue weighted by atomic mass is 32.2. The van der Waals surface area contributed by atoms with Crippen LogP contribution in [0.5, 0.6) is 0 Å². The van der Waals surface area contributed by atoms with Gasteiger partial charge in [-0.15, -0.1) is 0 Å². The molecule has 4 rings (SSSR count). The molecule has 156 valence electrons. The number of rotatable bonds is 6. The predicted molar refractivity (Wildman–Crippen MR) is 114 cm³/mol. The molecule has 0 saturated carbocycles. The van der Waals surface area contributed by atoms with Crippen molar-refractivity contribution in [2.75, 3.05) is 23.0 Å². The third-order valence-corrected chi connectivity index (χ3v) is 9.19. The van der Waals surface area contributed by atoms with Gasteiger partial charge >= 0.3 is 0 Å². The highest BCUT2D eigenvalue weighted by Crippen LogP contribution is 2.33. The van der Waals surface area contributed by atoms with E-state index >= 15 is 0 Å². The van der Waals surface area contributed by atoms with Crippen molar-refractivity contribution in [3.05, 3.63) is 71.8 Å². The molecule has 2 atom stereocenters. The summed E-state index contributed by atoms with van der Waals surface area (Å²) in [5, 5.41) is 2.01. The summed E-state index contributed by atoms with van der Waals surface area (Å²) >= 11 is 0. The smallest absolute Gasteiger partial charge is 0.151 e. The molecule has 0 unspecified atom stereocenters. The standard InChI is InChI=1S/C21H26N2O4S2/c24-28(25)13-11-19(15-28)22-23(20-12-14-29(26,27)16-20)21(17-7-3-1-4-8-17)18-9-5-2-6-10-18/h1-10,19-22H,11-16H2/t19-,20+/m1/s1. The van der Waals surface area contributed by atoms with Crippen LogP contribution in [0.4, 0.5) is 0 Å². The molecule has 29 heavy (non-hydrogen) atoms. The Morgan fingerprint density at radius 2 is 1.28 bits per heavy atom. The minimum absolute atomic E-state index is 0.0790. The number of benzene rings is 2. The summed E-state index contributed by atoms with van der Waals surface area (Å²) in [5.41, 5.74) is 5.51. The van der Waals surface area contributed by atoms with Gasteiger partial charge in [-0.2, -0.15) is 0 Å². The summed E-state index contributed by atoms with van der Waals surface area (Å²) in [7, 11) is -6.14. The molecular weight excluding hydrogens is 408 g/mol. The maximum atomic E-state index is 12.2. The lowest BCUT2D eigenvalue weighted by Crippen LogP contribution is -2.53. The molecule has 2 saturated heterocycles. The summed E-state index contributed by atoms with van der Waals surface area (Å²) in [6.45, 7) is 0. The monoisotopic (exact) mass is 434 g/mol. The minimum atomic E-state index is -3.09. The Bertz CT molecular complexity index is 1000. The number of nitrogens with one attached hydrogen (secondary N) is 1. The Morgan fingerprint density at radius 3 is 1.72 bits per heavy atom. The predicted octanol–water partition coefficient (Wildman–Crippen LogP) is 1.96. The second-order valence-electron chi connectivity index (χ2n) is 7.92. The van der Waals surface area contributed by atoms with E-state index < -0.39 is 19.7 Å². The van der Waals surface area contributed by atoms with E-state index in [1.54, 1.807) is 0 Å². The van der Waals surface area contributed by atoms with E-state index in [4.69, 9.17) is 0 Å². The van der Waals surface area contributed by atoms with Crippen LogP contribution in [0.25, 0.3) is 0 Å². The van der Waals surface area contributed by atoms with Gasteiger partial charge in [0, 0.05) is 12.1 Å². The van der Waals surface area contributed by atoms with E-state index in [1.165, 1.54) is 0 Å². The Morgan fingerprint density at radius 1 is 0.759 bits per heavy atom. The lowest BCUT2D eigenvalue weighted by molar-refractivity contribution is 0.0809. The second kappa shape index (κ2) is 8.18. The van der Waals surface area contributed by atoms with Crippen LogP contribution in [0.3, 0.4) is 0 Å². The van der Waals surface area contributed by atoms with E-state index in [2.05, 4.69) is 5.43 Å². The molecule has 0 spiro atoms. The van der Waals surface area contributed by atoms with Crippen LogP contribution in [0.2, 0.25) is 0 Å². The van der Waals surface area contributed by atoms with Gasteiger partial charge in [0.15, 0.2) is 19.7 Å². The van der Waals surface area contributed by atoms with Gasteiger partial charge in [0.05, 0.1) is 29.1 Å². The van der Waals surface area contributed by atoms with Gasteiger partial charge in [-0.1, -0.05) is 60.7 Å². The van der Waals surface area contributed by atoms with E-state index in [1.807, 2.05) is 65.7 Å². The number of hydrogen-bond donors (Lipinski definition) is 1. The molecular formula is C21H26N2O4S2. The summed E-state index contributed by atoms with van der Waals surface area (Å²) in [6.07, 6.45) is 1.07. The lowest BCUT2D eigenvalue weighted by Gasteiger charge is -2.38. The van der Waals surface area contributed by atoms with E-state index in [0.29, 0.717) is 12.8 Å². The molecule has 0 radical (unpaired) electrons. The van der Waals surface area contributed by atoms with Crippen LogP contribution in [-0.2, 0) is 19.7 Å². The molecule has 2 aliphatic rings. The van der Waals surface area contributed by atoms with Crippen molar-refractivity contribution >= 4 is 19.7 Å². The van der Waals surface area contributed by atoms with Crippen molar-refractivity contribution in [2.24, 2.45) is 0 Å². The van der Waals surface area contributed by atoms with Gasteiger partial charge in [0.1, 0.15) is 0 Å². The van der Waals surface area contributed by atoms with Gasteiger partial charge in [-0.25, -0.2) is 27.3 Å². The molecule has 8 heteroatoms. The molecule has 0 amide bonds. The van der Waals surface area contributed by atoms with Gasteiger partial charge in [-0.3, -0.25) is 0 Å². The van der Waals surface area contributed by atoms with Crippen LogP contribution >= 0.6 is 0 Å². The summed E-state index contributed by atoms with van der Waals surface area (Å²) in [5.74, 6) is 0.493. The van der Waals surface area contributed by atoms with Crippen molar-refractivity contribution in [1.29, 1.82) is 0 Å². The fraction of sp³-hybridized carbons (Fsp3) is 0.429. The van der Waals surface area contributed by atoms with Gasteiger partial charge in [-0.05, 0) is 24.0 Å². The van der Waals surface area contributed by atoms with E-state index in [-0.39, 0.29) is 41.1 Å². The summed E-state index contributed by atoms with van der Waals surface area (Å²) in [4.78, 5) is 0. The highest BCUT2D eigenvalue weighted by Gasteiger charge is 2.39. The molecule has 2 heterocycles. The Balaban J connectivity index is 1.74. The first kappa shape index (κ1) is 20.5. The zero-order valence-corrected chi connectivity index (χ0v) is 17.8. The van der Waals surface area contributed by atoms with E-state index in [9.17, 15) is 16.8 Å². The number of hydrogen-bond acceptors (Lipinski definition) is 6. The van der Waals surface area contributed by atoms with Gasteiger partial charge < -0.3 is 0 Å². The largest absolute Gasteiger partial charge is 0.250 e. The van der Waals surface area contributed by atoms with Crippen molar-refractivity contribution in [1.82, 2.24) is 10.4 Å². The molecule has 0 aromatic heterocycles. The molecule has 1 N–H and O–H groups in total. The van der Waals surface area contributed by atoms with Crippen molar-refractivity contribution in [2.45, 2.75) is 31.0 Å². The molecule has 2 fully saturated rings. The van der Waals surface area contributed by atoms with Gasteiger partial charge in [0.2, 0.25) is 0 Å². The van der Waals surface area contributed by atoms with Crippen molar-refractivity contribution < 1.29 is 16.8 Å². The molecule has 0 aliphatic carbocycles. The third kappa shape index (κ3) is 4.88. The average Bonchev–Trinajstić information content (AvgIpc) is 3.23. The SMILES string of the molecule is O=S1(=O)CC[C@@H](NN(C(c2ccccc2)c2ccccc2)[C@H]2CCS(=O)(=O)C2)C1. The molecule has 6 nitrogen and oxygen atoms in total. The highest BCUT2D eigenvalue weighted by molar-refractivity contribution is 7.91. The summed E-state index contributed by atoms with van der Waals surface area (Å²) in [6, 6.07) is 19.3. The Hall–Kier alpha value is -1.74. The van der Waals surface area contributed by atoms with Crippen molar-refractivity contribution in [3.8, 4) is 0 Å². The first-order valence-electron chi connectivity index (χ1n) is 9.88. The van der Waals surface area contributed by atoms with Crippen LogP contribution in [0.15, 0.2) is 60.7 Å².